The van der Waals surface area contributed by atoms with Gasteiger partial charge in [0.1, 0.15) is 36.9 Å². The second kappa shape index (κ2) is 9.83. The number of nitrogens with one attached hydrogen (secondary N) is 1. The third kappa shape index (κ3) is 6.07. The molecule has 6 nitrogen and oxygen atoms in total. The zero-order chi connectivity index (χ0) is 17.9. The molecule has 6 heteroatoms. The minimum Gasteiger partial charge on any atom is -0.497 e. The number of ether oxygens (including phenoxy) is 3. The van der Waals surface area contributed by atoms with E-state index in [2.05, 4.69) is 5.32 Å². The maximum Gasteiger partial charge on any atom is 0.234 e. The van der Waals surface area contributed by atoms with Crippen LogP contribution in [0.25, 0.3) is 0 Å². The van der Waals surface area contributed by atoms with E-state index < -0.39 is 0 Å². The Morgan fingerprint density at radius 1 is 1.08 bits per heavy atom. The summed E-state index contributed by atoms with van der Waals surface area (Å²) in [6.45, 7) is 1.02. The maximum absolute atomic E-state index is 11.4. The average Bonchev–Trinajstić information content (AvgIpc) is 2.65. The Labute approximate surface area is 146 Å². The minimum absolute atomic E-state index is 0.169. The van der Waals surface area contributed by atoms with Gasteiger partial charge < -0.3 is 19.5 Å². The number of hydrogen-bond acceptors (Lipinski definition) is 5. The molecular formula is C19H20N2O4. The smallest absolute Gasteiger partial charge is 0.234 e. The number of carbonyl (C=O) groups excluding carboxylic acids is 1. The van der Waals surface area contributed by atoms with Gasteiger partial charge >= 0.3 is 0 Å². The highest BCUT2D eigenvalue weighted by Gasteiger charge is 2.08. The van der Waals surface area contributed by atoms with Crippen LogP contribution < -0.4 is 19.5 Å². The predicted molar refractivity (Wildman–Crippen MR) is 92.5 cm³/mol. The first-order valence-corrected chi connectivity index (χ1v) is 7.84. The Morgan fingerprint density at radius 2 is 1.84 bits per heavy atom. The molecule has 130 valence electrons. The molecule has 0 aliphatic heterocycles. The van der Waals surface area contributed by atoms with Crippen LogP contribution >= 0.6 is 0 Å². The molecule has 0 aliphatic rings. The number of para-hydroxylation sites is 1. The van der Waals surface area contributed by atoms with Crippen LogP contribution in [0.2, 0.25) is 0 Å². The number of hydrogen-bond donors (Lipinski definition) is 1. The first kappa shape index (κ1) is 18.1. The summed E-state index contributed by atoms with van der Waals surface area (Å²) in [7, 11) is 1.58. The van der Waals surface area contributed by atoms with Gasteiger partial charge in [-0.2, -0.15) is 5.26 Å². The van der Waals surface area contributed by atoms with Crippen molar-refractivity contribution in [3.05, 3.63) is 54.1 Å². The summed E-state index contributed by atoms with van der Waals surface area (Å²) in [4.78, 5) is 11.4. The fourth-order valence-electron chi connectivity index (χ4n) is 2.10. The van der Waals surface area contributed by atoms with Crippen LogP contribution in [0.1, 0.15) is 12.0 Å². The summed E-state index contributed by atoms with van der Waals surface area (Å²) in [5.74, 6) is 1.72. The Hall–Kier alpha value is -3.20. The van der Waals surface area contributed by atoms with Crippen molar-refractivity contribution in [1.82, 2.24) is 5.32 Å². The van der Waals surface area contributed by atoms with Crippen molar-refractivity contribution in [2.24, 2.45) is 0 Å². The Balaban J connectivity index is 1.92. The first-order valence-electron chi connectivity index (χ1n) is 7.84. The minimum atomic E-state index is -0.323. The zero-order valence-electron chi connectivity index (χ0n) is 14.0. The molecule has 0 heterocycles. The normalized spacial score (nSPS) is 9.76. The van der Waals surface area contributed by atoms with E-state index in [0.717, 1.165) is 11.3 Å². The van der Waals surface area contributed by atoms with Gasteiger partial charge in [0.15, 0.2) is 0 Å². The standard InChI is InChI=1S/C19H20N2O4/c1-23-17-8-7-15(14-21-19(22)9-10-20)18(13-17)25-12-11-24-16-5-3-2-4-6-16/h2-8,13H,9,11-12,14H2,1H3,(H,21,22). The number of nitriles is 1. The molecule has 0 radical (unpaired) electrons. The molecule has 0 saturated heterocycles. The van der Waals surface area contributed by atoms with Crippen molar-refractivity contribution in [1.29, 1.82) is 5.26 Å². The second-order valence-corrected chi connectivity index (χ2v) is 5.10. The molecule has 2 aromatic rings. The third-order valence-corrected chi connectivity index (χ3v) is 3.34. The summed E-state index contributed by atoms with van der Waals surface area (Å²) in [5, 5.41) is 11.2. The largest absolute Gasteiger partial charge is 0.497 e. The Bertz CT molecular complexity index is 726. The molecular weight excluding hydrogens is 320 g/mol. The van der Waals surface area contributed by atoms with Crippen molar-refractivity contribution >= 4 is 5.91 Å². The number of amides is 1. The molecule has 0 fully saturated rings. The first-order chi connectivity index (χ1) is 12.2. The lowest BCUT2D eigenvalue weighted by Gasteiger charge is -2.14. The highest BCUT2D eigenvalue weighted by atomic mass is 16.5. The van der Waals surface area contributed by atoms with Crippen molar-refractivity contribution in [2.75, 3.05) is 20.3 Å². The lowest BCUT2D eigenvalue weighted by atomic mass is 10.2. The quantitative estimate of drug-likeness (QED) is 0.710. The van der Waals surface area contributed by atoms with Crippen LogP contribution in [-0.4, -0.2) is 26.2 Å². The van der Waals surface area contributed by atoms with Crippen LogP contribution in [0, 0.1) is 11.3 Å². The molecule has 0 unspecified atom stereocenters. The SMILES string of the molecule is COc1ccc(CNC(=O)CC#N)c(OCCOc2ccccc2)c1. The Morgan fingerprint density at radius 3 is 2.56 bits per heavy atom. The van der Waals surface area contributed by atoms with E-state index in [-0.39, 0.29) is 18.9 Å². The van der Waals surface area contributed by atoms with Gasteiger partial charge in [0.25, 0.3) is 0 Å². The van der Waals surface area contributed by atoms with Crippen molar-refractivity contribution in [2.45, 2.75) is 13.0 Å². The van der Waals surface area contributed by atoms with Crippen molar-refractivity contribution < 1.29 is 19.0 Å². The van der Waals surface area contributed by atoms with Gasteiger partial charge in [0.2, 0.25) is 5.91 Å². The van der Waals surface area contributed by atoms with E-state index in [1.807, 2.05) is 42.5 Å². The molecule has 0 saturated carbocycles. The molecule has 1 amide bonds. The van der Waals surface area contributed by atoms with Gasteiger partial charge in [0, 0.05) is 18.2 Å². The summed E-state index contributed by atoms with van der Waals surface area (Å²) >= 11 is 0. The summed E-state index contributed by atoms with van der Waals surface area (Å²) < 4.78 is 16.6. The fourth-order valence-corrected chi connectivity index (χ4v) is 2.10. The number of rotatable bonds is 9. The van der Waals surface area contributed by atoms with Crippen LogP contribution in [0.3, 0.4) is 0 Å². The van der Waals surface area contributed by atoms with Crippen molar-refractivity contribution in [3.8, 4) is 23.3 Å². The molecule has 1 N–H and O–H groups in total. The average molecular weight is 340 g/mol. The molecule has 0 bridgehead atoms. The second-order valence-electron chi connectivity index (χ2n) is 5.10. The van der Waals surface area contributed by atoms with E-state index in [0.29, 0.717) is 24.7 Å². The topological polar surface area (TPSA) is 80.6 Å². The monoisotopic (exact) mass is 340 g/mol. The van der Waals surface area contributed by atoms with Crippen LogP contribution in [0.15, 0.2) is 48.5 Å². The van der Waals surface area contributed by atoms with Crippen LogP contribution in [-0.2, 0) is 11.3 Å². The van der Waals surface area contributed by atoms with Gasteiger partial charge in [-0.3, -0.25) is 4.79 Å². The van der Waals surface area contributed by atoms with E-state index in [4.69, 9.17) is 19.5 Å². The predicted octanol–water partition coefficient (Wildman–Crippen LogP) is 2.68. The lowest BCUT2D eigenvalue weighted by molar-refractivity contribution is -0.120. The Kier molecular flexibility index (Phi) is 7.13. The van der Waals surface area contributed by atoms with E-state index in [9.17, 15) is 4.79 Å². The molecule has 0 spiro atoms. The molecule has 2 rings (SSSR count). The molecule has 0 atom stereocenters. The van der Waals surface area contributed by atoms with E-state index >= 15 is 0 Å². The van der Waals surface area contributed by atoms with Gasteiger partial charge in [-0.15, -0.1) is 0 Å². The maximum atomic E-state index is 11.4. The van der Waals surface area contributed by atoms with Gasteiger partial charge in [0.05, 0.1) is 13.2 Å². The highest BCUT2D eigenvalue weighted by Crippen LogP contribution is 2.25. The van der Waals surface area contributed by atoms with Crippen LogP contribution in [0.5, 0.6) is 17.2 Å². The number of methoxy groups -OCH3 is 1. The van der Waals surface area contributed by atoms with Gasteiger partial charge in [-0.25, -0.2) is 0 Å². The summed E-state index contributed by atoms with van der Waals surface area (Å²) in [6, 6.07) is 16.7. The zero-order valence-corrected chi connectivity index (χ0v) is 14.0. The molecule has 2 aromatic carbocycles. The van der Waals surface area contributed by atoms with E-state index in [1.54, 1.807) is 19.2 Å². The molecule has 0 aromatic heterocycles. The third-order valence-electron chi connectivity index (χ3n) is 3.34. The van der Waals surface area contributed by atoms with Gasteiger partial charge in [-0.05, 0) is 24.3 Å². The highest BCUT2D eigenvalue weighted by molar-refractivity contribution is 5.78. The lowest BCUT2D eigenvalue weighted by Crippen LogP contribution is -2.22. The number of carbonyl (C=O) groups is 1. The number of nitrogens with zero attached hydrogens (tertiary/aromatic N) is 1. The number of benzene rings is 2. The molecule has 0 aliphatic carbocycles. The van der Waals surface area contributed by atoms with Gasteiger partial charge in [-0.1, -0.05) is 18.2 Å². The van der Waals surface area contributed by atoms with Crippen LogP contribution in [0.4, 0.5) is 0 Å². The van der Waals surface area contributed by atoms with Crippen molar-refractivity contribution in [3.63, 3.8) is 0 Å². The molecule has 25 heavy (non-hydrogen) atoms. The van der Waals surface area contributed by atoms with E-state index in [1.165, 1.54) is 0 Å². The summed E-state index contributed by atoms with van der Waals surface area (Å²) in [6.07, 6.45) is -0.169. The summed E-state index contributed by atoms with van der Waals surface area (Å²) in [5.41, 5.74) is 0.798. The fraction of sp³-hybridized carbons (Fsp3) is 0.263.